The molecule has 4 aromatic heterocycles. The molecule has 0 aliphatic carbocycles. The molecule has 9 nitrogen and oxygen atoms in total. The Hall–Kier alpha value is -3.48. The lowest BCUT2D eigenvalue weighted by atomic mass is 10.2. The first kappa shape index (κ1) is 20.8. The van der Waals surface area contributed by atoms with Gasteiger partial charge in [0, 0.05) is 24.2 Å². The average molecular weight is 452 g/mol. The van der Waals surface area contributed by atoms with E-state index in [1.165, 1.54) is 31.7 Å². The second-order valence-corrected chi connectivity index (χ2v) is 8.74. The average Bonchev–Trinajstić information content (AvgIpc) is 3.38. The van der Waals surface area contributed by atoms with E-state index in [0.717, 1.165) is 0 Å². The van der Waals surface area contributed by atoms with Crippen molar-refractivity contribution in [3.63, 3.8) is 0 Å². The van der Waals surface area contributed by atoms with Crippen LogP contribution in [0.4, 0.5) is 13.2 Å². The maximum atomic E-state index is 12.9. The number of aromatic nitrogens is 5. The number of methoxy groups -OCH3 is 1. The van der Waals surface area contributed by atoms with Crippen molar-refractivity contribution in [1.82, 2.24) is 24.5 Å². The van der Waals surface area contributed by atoms with E-state index in [1.807, 2.05) is 0 Å². The smallest absolute Gasteiger partial charge is 0.471 e. The Morgan fingerprint density at radius 2 is 2.06 bits per heavy atom. The molecule has 1 atom stereocenters. The summed E-state index contributed by atoms with van der Waals surface area (Å²) < 4.78 is 66.0. The second kappa shape index (κ2) is 7.65. The SMILES string of the molecule is COc1ccc(S(C)(=O)=NCc2cn3ccc(-c4noc(C(F)(F)F)n4)cc3n2)nc1. The van der Waals surface area contributed by atoms with Gasteiger partial charge < -0.3 is 13.7 Å². The van der Waals surface area contributed by atoms with E-state index in [0.29, 0.717) is 27.7 Å². The Morgan fingerprint density at radius 3 is 2.71 bits per heavy atom. The first-order chi connectivity index (χ1) is 14.7. The molecule has 0 amide bonds. The number of halogens is 3. The van der Waals surface area contributed by atoms with E-state index in [4.69, 9.17) is 4.74 Å². The summed E-state index contributed by atoms with van der Waals surface area (Å²) in [6.45, 7) is 0.0560. The number of imidazole rings is 1. The summed E-state index contributed by atoms with van der Waals surface area (Å²) in [5, 5.41) is 3.68. The molecule has 0 radical (unpaired) electrons. The van der Waals surface area contributed by atoms with E-state index < -0.39 is 21.8 Å². The Morgan fingerprint density at radius 1 is 1.26 bits per heavy atom. The highest BCUT2D eigenvalue weighted by atomic mass is 32.2. The zero-order chi connectivity index (χ0) is 22.2. The van der Waals surface area contributed by atoms with Crippen LogP contribution in [-0.4, -0.2) is 42.1 Å². The number of fused-ring (bicyclic) bond motifs is 1. The van der Waals surface area contributed by atoms with Gasteiger partial charge in [-0.2, -0.15) is 18.2 Å². The van der Waals surface area contributed by atoms with Crippen LogP contribution in [0.5, 0.6) is 5.75 Å². The minimum Gasteiger partial charge on any atom is -0.495 e. The van der Waals surface area contributed by atoms with E-state index in [9.17, 15) is 17.4 Å². The first-order valence-corrected chi connectivity index (χ1v) is 10.6. The zero-order valence-electron chi connectivity index (χ0n) is 16.2. The molecule has 0 saturated heterocycles. The summed E-state index contributed by atoms with van der Waals surface area (Å²) in [5.74, 6) is -1.08. The summed E-state index contributed by atoms with van der Waals surface area (Å²) in [6.07, 6.45) is 1.49. The fourth-order valence-corrected chi connectivity index (χ4v) is 3.75. The van der Waals surface area contributed by atoms with Gasteiger partial charge in [-0.15, -0.1) is 0 Å². The van der Waals surface area contributed by atoms with Crippen molar-refractivity contribution in [2.24, 2.45) is 4.36 Å². The summed E-state index contributed by atoms with van der Waals surface area (Å²) in [5.41, 5.74) is 1.26. The number of hydrogen-bond acceptors (Lipinski definition) is 8. The minimum absolute atomic E-state index is 0.0560. The van der Waals surface area contributed by atoms with Gasteiger partial charge in [0.2, 0.25) is 5.82 Å². The molecule has 0 saturated carbocycles. The molecular formula is C18H15F3N6O3S. The predicted octanol–water partition coefficient (Wildman–Crippen LogP) is 3.46. The minimum atomic E-state index is -4.72. The third-order valence-corrected chi connectivity index (χ3v) is 5.88. The van der Waals surface area contributed by atoms with Crippen molar-refractivity contribution in [3.8, 4) is 17.1 Å². The number of pyridine rings is 2. The Balaban J connectivity index is 1.58. The van der Waals surface area contributed by atoms with Gasteiger partial charge >= 0.3 is 12.1 Å². The van der Waals surface area contributed by atoms with Crippen LogP contribution in [0, 0.1) is 0 Å². The lowest BCUT2D eigenvalue weighted by Crippen LogP contribution is -2.04. The van der Waals surface area contributed by atoms with Gasteiger partial charge in [-0.3, -0.25) is 0 Å². The number of nitrogens with zero attached hydrogens (tertiary/aromatic N) is 6. The van der Waals surface area contributed by atoms with Crippen molar-refractivity contribution in [2.45, 2.75) is 17.7 Å². The molecule has 1 unspecified atom stereocenters. The molecule has 162 valence electrons. The molecule has 0 aromatic carbocycles. The first-order valence-electron chi connectivity index (χ1n) is 8.72. The molecule has 4 aromatic rings. The quantitative estimate of drug-likeness (QED) is 0.456. The van der Waals surface area contributed by atoms with Crippen molar-refractivity contribution in [1.29, 1.82) is 0 Å². The molecule has 0 bridgehead atoms. The lowest BCUT2D eigenvalue weighted by molar-refractivity contribution is -0.159. The Bertz CT molecular complexity index is 1350. The Labute approximate surface area is 174 Å². The molecule has 0 fully saturated rings. The number of hydrogen-bond donors (Lipinski definition) is 0. The van der Waals surface area contributed by atoms with Crippen LogP contribution in [-0.2, 0) is 22.5 Å². The van der Waals surface area contributed by atoms with Gasteiger partial charge in [-0.25, -0.2) is 18.5 Å². The van der Waals surface area contributed by atoms with Gasteiger partial charge in [0.25, 0.3) is 0 Å². The fourth-order valence-electron chi connectivity index (χ4n) is 2.67. The van der Waals surface area contributed by atoms with Gasteiger partial charge in [0.1, 0.15) is 16.4 Å². The van der Waals surface area contributed by atoms with Crippen LogP contribution in [0.1, 0.15) is 11.6 Å². The Kier molecular flexibility index (Phi) is 5.13. The monoisotopic (exact) mass is 452 g/mol. The molecule has 13 heteroatoms. The molecule has 0 aliphatic heterocycles. The van der Waals surface area contributed by atoms with Crippen LogP contribution in [0.3, 0.4) is 0 Å². The molecule has 0 spiro atoms. The molecule has 0 N–H and O–H groups in total. The van der Waals surface area contributed by atoms with Crippen molar-refractivity contribution in [2.75, 3.05) is 13.4 Å². The van der Waals surface area contributed by atoms with Crippen molar-refractivity contribution >= 4 is 15.4 Å². The van der Waals surface area contributed by atoms with Gasteiger partial charge in [-0.1, -0.05) is 5.16 Å². The number of alkyl halides is 3. The lowest BCUT2D eigenvalue weighted by Gasteiger charge is -2.04. The molecular weight excluding hydrogens is 437 g/mol. The third-order valence-electron chi connectivity index (χ3n) is 4.24. The third kappa shape index (κ3) is 4.35. The van der Waals surface area contributed by atoms with Crippen LogP contribution >= 0.6 is 0 Å². The van der Waals surface area contributed by atoms with Gasteiger partial charge in [-0.05, 0) is 24.3 Å². The van der Waals surface area contributed by atoms with E-state index in [-0.39, 0.29) is 12.4 Å². The van der Waals surface area contributed by atoms with Crippen molar-refractivity contribution in [3.05, 3.63) is 54.4 Å². The largest absolute Gasteiger partial charge is 0.495 e. The van der Waals surface area contributed by atoms with Crippen LogP contribution in [0.25, 0.3) is 17.0 Å². The summed E-state index contributed by atoms with van der Waals surface area (Å²) in [6, 6.07) is 6.28. The van der Waals surface area contributed by atoms with Gasteiger partial charge in [0.15, 0.2) is 0 Å². The van der Waals surface area contributed by atoms with Gasteiger partial charge in [0.05, 0.1) is 35.3 Å². The normalized spacial score (nSPS) is 13.8. The number of ether oxygens (including phenoxy) is 1. The van der Waals surface area contributed by atoms with E-state index >= 15 is 0 Å². The molecule has 0 aliphatic rings. The standard InChI is InChI=1S/C18H15F3N6O3S/c1-29-13-3-4-15(22-9-13)31(2,28)23-8-12-10-27-6-5-11(7-14(27)24-12)16-25-17(30-26-16)18(19,20)21/h3-7,9-10H,8H2,1-2H3. The maximum Gasteiger partial charge on any atom is 0.471 e. The molecule has 4 heterocycles. The highest BCUT2D eigenvalue weighted by molar-refractivity contribution is 7.92. The van der Waals surface area contributed by atoms with E-state index in [1.54, 1.807) is 28.9 Å². The predicted molar refractivity (Wildman–Crippen MR) is 103 cm³/mol. The molecule has 4 rings (SSSR count). The van der Waals surface area contributed by atoms with E-state index in [2.05, 4.69) is 29.0 Å². The summed E-state index contributed by atoms with van der Waals surface area (Å²) in [7, 11) is -1.26. The highest BCUT2D eigenvalue weighted by Crippen LogP contribution is 2.29. The van der Waals surface area contributed by atoms with Crippen molar-refractivity contribution < 1.29 is 26.6 Å². The summed E-state index contributed by atoms with van der Waals surface area (Å²) >= 11 is 0. The molecule has 31 heavy (non-hydrogen) atoms. The van der Waals surface area contributed by atoms with Crippen LogP contribution in [0.15, 0.2) is 56.8 Å². The maximum absolute atomic E-state index is 12.9. The van der Waals surface area contributed by atoms with Crippen LogP contribution in [0.2, 0.25) is 0 Å². The second-order valence-electron chi connectivity index (χ2n) is 6.46. The fraction of sp³-hybridized carbons (Fsp3) is 0.222. The number of rotatable bonds is 5. The highest BCUT2D eigenvalue weighted by Gasteiger charge is 2.38. The topological polar surface area (TPSA) is 108 Å². The van der Waals surface area contributed by atoms with Crippen LogP contribution < -0.4 is 4.74 Å². The zero-order valence-corrected chi connectivity index (χ0v) is 17.0. The summed E-state index contributed by atoms with van der Waals surface area (Å²) in [4.78, 5) is 11.9.